The lowest BCUT2D eigenvalue weighted by atomic mass is 10.1. The summed E-state index contributed by atoms with van der Waals surface area (Å²) in [7, 11) is 0. The predicted molar refractivity (Wildman–Crippen MR) is 83.7 cm³/mol. The topological polar surface area (TPSA) is 75.6 Å². The number of carboxylic acid groups (broad SMARTS) is 1. The van der Waals surface area contributed by atoms with Crippen LogP contribution in [0.3, 0.4) is 0 Å². The van der Waals surface area contributed by atoms with Crippen molar-refractivity contribution < 1.29 is 19.4 Å². The zero-order valence-electron chi connectivity index (χ0n) is 12.4. The number of amides is 1. The third-order valence-electron chi connectivity index (χ3n) is 3.18. The predicted octanol–water partition coefficient (Wildman–Crippen LogP) is 3.22. The van der Waals surface area contributed by atoms with Crippen molar-refractivity contribution in [3.63, 3.8) is 0 Å². The summed E-state index contributed by atoms with van der Waals surface area (Å²) in [6.07, 6.45) is 1.01. The van der Waals surface area contributed by atoms with Crippen LogP contribution in [0.2, 0.25) is 0 Å². The molecule has 1 unspecified atom stereocenters. The Kier molecular flexibility index (Phi) is 6.68. The molecule has 1 rings (SSSR count). The molecule has 0 saturated carbocycles. The van der Waals surface area contributed by atoms with Gasteiger partial charge in [-0.1, -0.05) is 13.8 Å². The Bertz CT molecular complexity index is 514. The highest BCUT2D eigenvalue weighted by atomic mass is 79.9. The standard InChI is InChI=1S/C15H20BrNO4/c1-4-11(5-2)17-14(18)9(3)21-13-8-10(15(19)20)6-7-12(13)16/h6-9,11H,4-5H2,1-3H3,(H,17,18)(H,19,20). The molecule has 0 heterocycles. The minimum absolute atomic E-state index is 0.112. The van der Waals surface area contributed by atoms with Gasteiger partial charge in [-0.25, -0.2) is 4.79 Å². The van der Waals surface area contributed by atoms with Gasteiger partial charge in [0.1, 0.15) is 5.75 Å². The minimum atomic E-state index is -1.04. The summed E-state index contributed by atoms with van der Waals surface area (Å²) in [5.41, 5.74) is 0.112. The molecule has 0 aliphatic heterocycles. The number of carbonyl (C=O) groups excluding carboxylic acids is 1. The van der Waals surface area contributed by atoms with E-state index in [0.717, 1.165) is 12.8 Å². The summed E-state index contributed by atoms with van der Waals surface area (Å²) < 4.78 is 6.17. The van der Waals surface area contributed by atoms with Gasteiger partial charge in [0.25, 0.3) is 5.91 Å². The molecule has 6 heteroatoms. The van der Waals surface area contributed by atoms with Crippen molar-refractivity contribution >= 4 is 27.8 Å². The molecular formula is C15H20BrNO4. The lowest BCUT2D eigenvalue weighted by molar-refractivity contribution is -0.128. The number of nitrogens with one attached hydrogen (secondary N) is 1. The van der Waals surface area contributed by atoms with Gasteiger partial charge in [0.05, 0.1) is 10.0 Å². The van der Waals surface area contributed by atoms with Crippen molar-refractivity contribution in [2.24, 2.45) is 0 Å². The van der Waals surface area contributed by atoms with Crippen molar-refractivity contribution in [3.05, 3.63) is 28.2 Å². The van der Waals surface area contributed by atoms with E-state index < -0.39 is 12.1 Å². The Morgan fingerprint density at radius 3 is 2.48 bits per heavy atom. The van der Waals surface area contributed by atoms with Gasteiger partial charge in [-0.2, -0.15) is 0 Å². The Labute approximate surface area is 132 Å². The average molecular weight is 358 g/mol. The third kappa shape index (κ3) is 5.04. The van der Waals surface area contributed by atoms with Crippen LogP contribution in [0.4, 0.5) is 0 Å². The summed E-state index contributed by atoms with van der Waals surface area (Å²) >= 11 is 3.29. The smallest absolute Gasteiger partial charge is 0.335 e. The largest absolute Gasteiger partial charge is 0.480 e. The normalized spacial score (nSPS) is 12.0. The Morgan fingerprint density at radius 1 is 1.33 bits per heavy atom. The van der Waals surface area contributed by atoms with Crippen LogP contribution in [-0.4, -0.2) is 29.1 Å². The molecule has 1 atom stereocenters. The van der Waals surface area contributed by atoms with Gasteiger partial charge in [-0.3, -0.25) is 4.79 Å². The van der Waals surface area contributed by atoms with Crippen LogP contribution in [0.15, 0.2) is 22.7 Å². The second-order valence-electron chi connectivity index (χ2n) is 4.73. The van der Waals surface area contributed by atoms with E-state index in [1.807, 2.05) is 13.8 Å². The van der Waals surface area contributed by atoms with Crippen molar-refractivity contribution in [2.75, 3.05) is 0 Å². The summed E-state index contributed by atoms with van der Waals surface area (Å²) in [4.78, 5) is 23.0. The summed E-state index contributed by atoms with van der Waals surface area (Å²) in [5, 5.41) is 11.9. The number of ether oxygens (including phenoxy) is 1. The van der Waals surface area contributed by atoms with Crippen LogP contribution in [0.25, 0.3) is 0 Å². The highest BCUT2D eigenvalue weighted by Gasteiger charge is 2.19. The summed E-state index contributed by atoms with van der Waals surface area (Å²) in [6.45, 7) is 5.65. The van der Waals surface area contributed by atoms with Crippen molar-refractivity contribution in [1.82, 2.24) is 5.32 Å². The average Bonchev–Trinajstić information content (AvgIpc) is 2.46. The van der Waals surface area contributed by atoms with E-state index in [1.54, 1.807) is 13.0 Å². The van der Waals surface area contributed by atoms with Gasteiger partial charge in [-0.05, 0) is 53.9 Å². The fourth-order valence-electron chi connectivity index (χ4n) is 1.78. The van der Waals surface area contributed by atoms with Crippen molar-refractivity contribution in [1.29, 1.82) is 0 Å². The van der Waals surface area contributed by atoms with Crippen molar-refractivity contribution in [2.45, 2.75) is 45.8 Å². The van der Waals surface area contributed by atoms with Gasteiger partial charge in [0.2, 0.25) is 0 Å². The number of hydrogen-bond acceptors (Lipinski definition) is 3. The van der Waals surface area contributed by atoms with E-state index >= 15 is 0 Å². The third-order valence-corrected chi connectivity index (χ3v) is 3.84. The van der Waals surface area contributed by atoms with Gasteiger partial charge >= 0.3 is 5.97 Å². The first-order chi connectivity index (χ1) is 9.88. The SMILES string of the molecule is CCC(CC)NC(=O)C(C)Oc1cc(C(=O)O)ccc1Br. The first kappa shape index (κ1) is 17.5. The fraction of sp³-hybridized carbons (Fsp3) is 0.467. The number of hydrogen-bond donors (Lipinski definition) is 2. The van der Waals surface area contributed by atoms with E-state index in [1.165, 1.54) is 12.1 Å². The van der Waals surface area contributed by atoms with Crippen LogP contribution in [0, 0.1) is 0 Å². The molecule has 1 amide bonds. The number of benzene rings is 1. The van der Waals surface area contributed by atoms with E-state index in [-0.39, 0.29) is 17.5 Å². The van der Waals surface area contributed by atoms with Crippen LogP contribution < -0.4 is 10.1 Å². The second kappa shape index (κ2) is 8.02. The van der Waals surface area contributed by atoms with Gasteiger partial charge in [-0.15, -0.1) is 0 Å². The second-order valence-corrected chi connectivity index (χ2v) is 5.59. The number of carbonyl (C=O) groups is 2. The van der Waals surface area contributed by atoms with E-state index in [0.29, 0.717) is 10.2 Å². The molecular weight excluding hydrogens is 338 g/mol. The molecule has 0 aromatic heterocycles. The molecule has 116 valence electrons. The zero-order valence-corrected chi connectivity index (χ0v) is 13.9. The maximum Gasteiger partial charge on any atom is 0.335 e. The summed E-state index contributed by atoms with van der Waals surface area (Å²) in [6, 6.07) is 4.57. The molecule has 0 radical (unpaired) electrons. The quantitative estimate of drug-likeness (QED) is 0.785. The fourth-order valence-corrected chi connectivity index (χ4v) is 2.12. The molecule has 0 aliphatic rings. The van der Waals surface area contributed by atoms with Crippen LogP contribution in [0.1, 0.15) is 44.0 Å². The Morgan fingerprint density at radius 2 is 1.95 bits per heavy atom. The molecule has 1 aromatic carbocycles. The molecule has 1 aromatic rings. The minimum Gasteiger partial charge on any atom is -0.480 e. The van der Waals surface area contributed by atoms with Crippen LogP contribution in [-0.2, 0) is 4.79 Å². The van der Waals surface area contributed by atoms with E-state index in [9.17, 15) is 9.59 Å². The molecule has 5 nitrogen and oxygen atoms in total. The summed E-state index contributed by atoms with van der Waals surface area (Å²) in [5.74, 6) is -0.917. The number of carboxylic acids is 1. The molecule has 0 fully saturated rings. The number of halogens is 1. The Balaban J connectivity index is 2.78. The van der Waals surface area contributed by atoms with Crippen molar-refractivity contribution in [3.8, 4) is 5.75 Å². The molecule has 21 heavy (non-hydrogen) atoms. The highest BCUT2D eigenvalue weighted by Crippen LogP contribution is 2.27. The molecule has 0 spiro atoms. The van der Waals surface area contributed by atoms with Crippen LogP contribution >= 0.6 is 15.9 Å². The molecule has 2 N–H and O–H groups in total. The lowest BCUT2D eigenvalue weighted by Gasteiger charge is -2.20. The molecule has 0 bridgehead atoms. The highest BCUT2D eigenvalue weighted by molar-refractivity contribution is 9.10. The number of aromatic carboxylic acids is 1. The number of rotatable bonds is 7. The van der Waals surface area contributed by atoms with Gasteiger partial charge in [0, 0.05) is 6.04 Å². The van der Waals surface area contributed by atoms with Crippen LogP contribution in [0.5, 0.6) is 5.75 Å². The van der Waals surface area contributed by atoms with E-state index in [4.69, 9.17) is 9.84 Å². The lowest BCUT2D eigenvalue weighted by Crippen LogP contribution is -2.42. The van der Waals surface area contributed by atoms with E-state index in [2.05, 4.69) is 21.2 Å². The Hall–Kier alpha value is -1.56. The van der Waals surface area contributed by atoms with Gasteiger partial charge < -0.3 is 15.2 Å². The molecule has 0 saturated heterocycles. The first-order valence-corrected chi connectivity index (χ1v) is 7.68. The monoisotopic (exact) mass is 357 g/mol. The van der Waals surface area contributed by atoms with Gasteiger partial charge in [0.15, 0.2) is 6.10 Å². The maximum atomic E-state index is 12.0. The molecule has 0 aliphatic carbocycles. The zero-order chi connectivity index (χ0) is 16.0. The maximum absolute atomic E-state index is 12.0. The first-order valence-electron chi connectivity index (χ1n) is 6.88.